The molecule has 2 nitrogen and oxygen atoms in total. The fourth-order valence-electron chi connectivity index (χ4n) is 2.11. The molecular formula is C19H17NO. The third-order valence-corrected chi connectivity index (χ3v) is 3.49. The van der Waals surface area contributed by atoms with E-state index in [4.69, 9.17) is 0 Å². The molecule has 2 aromatic carbocycles. The van der Waals surface area contributed by atoms with Crippen molar-refractivity contribution in [3.8, 4) is 6.07 Å². The van der Waals surface area contributed by atoms with E-state index in [1.165, 1.54) is 5.56 Å². The Morgan fingerprint density at radius 2 is 1.81 bits per heavy atom. The lowest BCUT2D eigenvalue weighted by molar-refractivity contribution is 0.104. The maximum absolute atomic E-state index is 12.4. The standard InChI is InChI=1S/C19H17NO/c1-13-5-4-6-17(9-13)19(21)18(12-20)11-16-8-7-14(2)15(3)10-16/h4-11H,1-3H3/b18-11+. The summed E-state index contributed by atoms with van der Waals surface area (Å²) >= 11 is 0. The van der Waals surface area contributed by atoms with Crippen molar-refractivity contribution in [1.29, 1.82) is 5.26 Å². The molecule has 0 atom stereocenters. The zero-order valence-corrected chi connectivity index (χ0v) is 12.5. The molecule has 21 heavy (non-hydrogen) atoms. The molecule has 0 amide bonds. The van der Waals surface area contributed by atoms with Crippen LogP contribution in [0, 0.1) is 32.1 Å². The average molecular weight is 275 g/mol. The first-order valence-electron chi connectivity index (χ1n) is 6.81. The largest absolute Gasteiger partial charge is 0.288 e. The molecular weight excluding hydrogens is 258 g/mol. The van der Waals surface area contributed by atoms with E-state index < -0.39 is 0 Å². The van der Waals surface area contributed by atoms with Crippen molar-refractivity contribution in [1.82, 2.24) is 0 Å². The number of carbonyl (C=O) groups is 1. The maximum Gasteiger partial charge on any atom is 0.203 e. The summed E-state index contributed by atoms with van der Waals surface area (Å²) in [5.41, 5.74) is 4.91. The number of rotatable bonds is 3. The van der Waals surface area contributed by atoms with E-state index in [0.717, 1.165) is 16.7 Å². The van der Waals surface area contributed by atoms with Gasteiger partial charge in [-0.25, -0.2) is 0 Å². The average Bonchev–Trinajstić information content (AvgIpc) is 2.47. The highest BCUT2D eigenvalue weighted by molar-refractivity contribution is 6.14. The smallest absolute Gasteiger partial charge is 0.203 e. The number of allylic oxidation sites excluding steroid dienone is 1. The van der Waals surface area contributed by atoms with Crippen LogP contribution in [0.3, 0.4) is 0 Å². The first-order valence-corrected chi connectivity index (χ1v) is 6.81. The number of carbonyl (C=O) groups excluding carboxylic acids is 1. The van der Waals surface area contributed by atoms with Gasteiger partial charge in [0, 0.05) is 5.56 Å². The Kier molecular flexibility index (Phi) is 4.35. The predicted octanol–water partition coefficient (Wildman–Crippen LogP) is 4.40. The summed E-state index contributed by atoms with van der Waals surface area (Å²) < 4.78 is 0. The maximum atomic E-state index is 12.4. The summed E-state index contributed by atoms with van der Waals surface area (Å²) in [5.74, 6) is -0.237. The monoisotopic (exact) mass is 275 g/mol. The molecule has 2 aromatic rings. The lowest BCUT2D eigenvalue weighted by Gasteiger charge is -2.03. The summed E-state index contributed by atoms with van der Waals surface area (Å²) in [4.78, 5) is 12.4. The number of hydrogen-bond donors (Lipinski definition) is 0. The van der Waals surface area contributed by atoms with Crippen LogP contribution in [0.2, 0.25) is 0 Å². The molecule has 0 aliphatic rings. The number of aryl methyl sites for hydroxylation is 3. The molecule has 0 bridgehead atoms. The van der Waals surface area contributed by atoms with Crippen LogP contribution >= 0.6 is 0 Å². The van der Waals surface area contributed by atoms with E-state index in [0.29, 0.717) is 5.56 Å². The van der Waals surface area contributed by atoms with E-state index in [9.17, 15) is 10.1 Å². The van der Waals surface area contributed by atoms with Gasteiger partial charge in [0.1, 0.15) is 11.6 Å². The van der Waals surface area contributed by atoms with E-state index in [1.54, 1.807) is 18.2 Å². The molecule has 0 spiro atoms. The second-order valence-electron chi connectivity index (χ2n) is 5.21. The van der Waals surface area contributed by atoms with E-state index in [1.807, 2.05) is 57.2 Å². The van der Waals surface area contributed by atoms with Crippen LogP contribution in [-0.4, -0.2) is 5.78 Å². The first-order chi connectivity index (χ1) is 10.0. The molecule has 0 fully saturated rings. The van der Waals surface area contributed by atoms with Crippen LogP contribution in [0.1, 0.15) is 32.6 Å². The number of ketones is 1. The van der Waals surface area contributed by atoms with Gasteiger partial charge in [0.05, 0.1) is 0 Å². The zero-order valence-electron chi connectivity index (χ0n) is 12.5. The van der Waals surface area contributed by atoms with Gasteiger partial charge >= 0.3 is 0 Å². The summed E-state index contributed by atoms with van der Waals surface area (Å²) in [7, 11) is 0. The Balaban J connectivity index is 2.39. The van der Waals surface area contributed by atoms with Gasteiger partial charge in [-0.05, 0) is 49.6 Å². The molecule has 2 rings (SSSR count). The lowest BCUT2D eigenvalue weighted by Crippen LogP contribution is -2.02. The highest BCUT2D eigenvalue weighted by Gasteiger charge is 2.12. The predicted molar refractivity (Wildman–Crippen MR) is 85.0 cm³/mol. The minimum absolute atomic E-state index is 0.156. The van der Waals surface area contributed by atoms with Crippen molar-refractivity contribution >= 4 is 11.9 Å². The molecule has 0 radical (unpaired) electrons. The molecule has 0 N–H and O–H groups in total. The van der Waals surface area contributed by atoms with Gasteiger partial charge in [-0.2, -0.15) is 5.26 Å². The molecule has 0 aromatic heterocycles. The second kappa shape index (κ2) is 6.19. The molecule has 0 aliphatic carbocycles. The van der Waals surface area contributed by atoms with E-state index in [-0.39, 0.29) is 11.4 Å². The second-order valence-corrected chi connectivity index (χ2v) is 5.21. The fourth-order valence-corrected chi connectivity index (χ4v) is 2.11. The molecule has 2 heteroatoms. The SMILES string of the molecule is Cc1cccc(C(=O)/C(C#N)=C/c2ccc(C)c(C)c2)c1. The summed E-state index contributed by atoms with van der Waals surface area (Å²) in [6.45, 7) is 5.98. The highest BCUT2D eigenvalue weighted by atomic mass is 16.1. The van der Waals surface area contributed by atoms with Crippen LogP contribution in [0.5, 0.6) is 0 Å². The molecule has 104 valence electrons. The number of nitriles is 1. The van der Waals surface area contributed by atoms with Gasteiger partial charge in [-0.3, -0.25) is 4.79 Å². The Hall–Kier alpha value is -2.66. The first kappa shape index (κ1) is 14.7. The normalized spacial score (nSPS) is 11.0. The Morgan fingerprint density at radius 3 is 2.43 bits per heavy atom. The Morgan fingerprint density at radius 1 is 1.05 bits per heavy atom. The van der Waals surface area contributed by atoms with Gasteiger partial charge in [0.2, 0.25) is 5.78 Å². The number of benzene rings is 2. The third-order valence-electron chi connectivity index (χ3n) is 3.49. The molecule has 0 aliphatic heterocycles. The minimum atomic E-state index is -0.237. The summed E-state index contributed by atoms with van der Waals surface area (Å²) in [5, 5.41) is 9.27. The molecule has 0 saturated carbocycles. The molecule has 0 saturated heterocycles. The van der Waals surface area contributed by atoms with Crippen molar-refractivity contribution < 1.29 is 4.79 Å². The number of hydrogen-bond acceptors (Lipinski definition) is 2. The van der Waals surface area contributed by atoms with Gasteiger partial charge in [0.15, 0.2) is 0 Å². The van der Waals surface area contributed by atoms with Crippen molar-refractivity contribution in [3.05, 3.63) is 75.9 Å². The van der Waals surface area contributed by atoms with Crippen LogP contribution in [0.25, 0.3) is 6.08 Å². The quantitative estimate of drug-likeness (QED) is 0.473. The lowest BCUT2D eigenvalue weighted by atomic mass is 9.99. The van der Waals surface area contributed by atoms with Crippen molar-refractivity contribution in [2.45, 2.75) is 20.8 Å². The highest BCUT2D eigenvalue weighted by Crippen LogP contribution is 2.16. The number of Topliss-reactive ketones (excluding diaryl/α,β-unsaturated/α-hetero) is 1. The van der Waals surface area contributed by atoms with E-state index in [2.05, 4.69) is 0 Å². The van der Waals surface area contributed by atoms with Crippen LogP contribution in [-0.2, 0) is 0 Å². The Labute approximate surface area is 125 Å². The zero-order chi connectivity index (χ0) is 15.4. The van der Waals surface area contributed by atoms with Crippen LogP contribution in [0.15, 0.2) is 48.0 Å². The van der Waals surface area contributed by atoms with Gasteiger partial charge in [0.25, 0.3) is 0 Å². The van der Waals surface area contributed by atoms with E-state index >= 15 is 0 Å². The topological polar surface area (TPSA) is 40.9 Å². The summed E-state index contributed by atoms with van der Waals surface area (Å²) in [6.07, 6.45) is 1.65. The van der Waals surface area contributed by atoms with Crippen LogP contribution in [0.4, 0.5) is 0 Å². The minimum Gasteiger partial charge on any atom is -0.288 e. The van der Waals surface area contributed by atoms with Crippen molar-refractivity contribution in [3.63, 3.8) is 0 Å². The molecule has 0 heterocycles. The number of nitrogens with zero attached hydrogens (tertiary/aromatic N) is 1. The Bertz CT molecular complexity index is 763. The van der Waals surface area contributed by atoms with Crippen molar-refractivity contribution in [2.24, 2.45) is 0 Å². The van der Waals surface area contributed by atoms with Gasteiger partial charge in [-0.15, -0.1) is 0 Å². The third kappa shape index (κ3) is 3.46. The van der Waals surface area contributed by atoms with Crippen molar-refractivity contribution in [2.75, 3.05) is 0 Å². The van der Waals surface area contributed by atoms with Gasteiger partial charge < -0.3 is 0 Å². The summed E-state index contributed by atoms with van der Waals surface area (Å²) in [6, 6.07) is 15.2. The van der Waals surface area contributed by atoms with Gasteiger partial charge in [-0.1, -0.05) is 42.0 Å². The molecule has 0 unspecified atom stereocenters. The fraction of sp³-hybridized carbons (Fsp3) is 0.158. The van der Waals surface area contributed by atoms with Crippen LogP contribution < -0.4 is 0 Å².